The van der Waals surface area contributed by atoms with Gasteiger partial charge in [-0.25, -0.2) is 4.98 Å². The molecule has 1 N–H and O–H groups in total. The molecule has 0 atom stereocenters. The molecule has 152 valence electrons. The Morgan fingerprint density at radius 2 is 2.03 bits per heavy atom. The van der Waals surface area contributed by atoms with Gasteiger partial charge in [-0.05, 0) is 55.4 Å². The van der Waals surface area contributed by atoms with Crippen molar-refractivity contribution < 1.29 is 4.79 Å². The van der Waals surface area contributed by atoms with Crippen molar-refractivity contribution in [2.45, 2.75) is 37.3 Å². The van der Waals surface area contributed by atoms with Crippen LogP contribution in [0.4, 0.5) is 0 Å². The average Bonchev–Trinajstić information content (AvgIpc) is 3.09. The van der Waals surface area contributed by atoms with Gasteiger partial charge in [0.1, 0.15) is 4.83 Å². The molecule has 8 heteroatoms. The lowest BCUT2D eigenvalue weighted by atomic mass is 9.97. The summed E-state index contributed by atoms with van der Waals surface area (Å²) in [5.74, 6) is 0.168. The van der Waals surface area contributed by atoms with E-state index in [-0.39, 0.29) is 17.2 Å². The topological polar surface area (TPSA) is 64.0 Å². The molecule has 0 bridgehead atoms. The van der Waals surface area contributed by atoms with E-state index in [0.29, 0.717) is 16.7 Å². The number of thioether (sulfide) groups is 1. The van der Waals surface area contributed by atoms with Crippen molar-refractivity contribution in [3.63, 3.8) is 0 Å². The Morgan fingerprint density at radius 3 is 2.83 bits per heavy atom. The standard InChI is InChI=1S/C21H22ClN3O2S2/c1-25-20(27)18-15-4-2-3-5-16(15)29-19(18)24-21(25)28-12-17(26)23-11-10-13-6-8-14(22)9-7-13/h6-9H,2-5,10-12H2,1H3,(H,23,26). The molecule has 1 aromatic carbocycles. The molecule has 4 rings (SSSR count). The Hall–Kier alpha value is -1.83. The fraction of sp³-hybridized carbons (Fsp3) is 0.381. The number of aryl methyl sites for hydroxylation is 2. The van der Waals surface area contributed by atoms with Crippen LogP contribution < -0.4 is 10.9 Å². The van der Waals surface area contributed by atoms with E-state index in [1.165, 1.54) is 28.6 Å². The molecule has 1 aliphatic rings. The Bertz CT molecular complexity index is 1110. The largest absolute Gasteiger partial charge is 0.355 e. The second kappa shape index (κ2) is 8.90. The molecule has 2 aromatic heterocycles. The second-order valence-corrected chi connectivity index (χ2v) is 9.63. The third-order valence-electron chi connectivity index (χ3n) is 5.14. The number of rotatable bonds is 6. The number of benzene rings is 1. The molecule has 5 nitrogen and oxygen atoms in total. The van der Waals surface area contributed by atoms with Gasteiger partial charge in [-0.2, -0.15) is 0 Å². The quantitative estimate of drug-likeness (QED) is 0.458. The molecule has 0 radical (unpaired) electrons. The van der Waals surface area contributed by atoms with Gasteiger partial charge in [0.25, 0.3) is 5.56 Å². The molecule has 2 heterocycles. The van der Waals surface area contributed by atoms with Gasteiger partial charge in [-0.3, -0.25) is 14.2 Å². The van der Waals surface area contributed by atoms with Crippen LogP contribution in [0.1, 0.15) is 28.8 Å². The zero-order valence-corrected chi connectivity index (χ0v) is 18.6. The lowest BCUT2D eigenvalue weighted by Crippen LogP contribution is -2.28. The van der Waals surface area contributed by atoms with E-state index in [0.717, 1.165) is 41.5 Å². The van der Waals surface area contributed by atoms with Crippen LogP contribution in [0, 0.1) is 0 Å². The van der Waals surface area contributed by atoms with Crippen LogP contribution in [0.15, 0.2) is 34.2 Å². The van der Waals surface area contributed by atoms with E-state index in [2.05, 4.69) is 5.32 Å². The molecule has 0 spiro atoms. The highest BCUT2D eigenvalue weighted by Crippen LogP contribution is 2.34. The van der Waals surface area contributed by atoms with Crippen molar-refractivity contribution in [2.75, 3.05) is 12.3 Å². The van der Waals surface area contributed by atoms with E-state index in [4.69, 9.17) is 16.6 Å². The minimum Gasteiger partial charge on any atom is -0.355 e. The molecule has 1 aliphatic carbocycles. The lowest BCUT2D eigenvalue weighted by molar-refractivity contribution is -0.118. The van der Waals surface area contributed by atoms with Gasteiger partial charge >= 0.3 is 0 Å². The van der Waals surface area contributed by atoms with Gasteiger partial charge in [-0.15, -0.1) is 11.3 Å². The number of nitrogens with one attached hydrogen (secondary N) is 1. The number of hydrogen-bond acceptors (Lipinski definition) is 5. The number of amides is 1. The Labute approximate surface area is 182 Å². The average molecular weight is 448 g/mol. The predicted molar refractivity (Wildman–Crippen MR) is 120 cm³/mol. The van der Waals surface area contributed by atoms with Gasteiger partial charge in [0.05, 0.1) is 11.1 Å². The number of carbonyl (C=O) groups is 1. The first kappa shape index (κ1) is 20.4. The molecule has 0 aliphatic heterocycles. The maximum absolute atomic E-state index is 12.9. The van der Waals surface area contributed by atoms with Crippen molar-refractivity contribution in [3.05, 3.63) is 55.6 Å². The van der Waals surface area contributed by atoms with Crippen molar-refractivity contribution in [1.82, 2.24) is 14.9 Å². The summed E-state index contributed by atoms with van der Waals surface area (Å²) in [7, 11) is 1.74. The first-order valence-electron chi connectivity index (χ1n) is 9.68. The van der Waals surface area contributed by atoms with Crippen LogP contribution in [0.3, 0.4) is 0 Å². The highest BCUT2D eigenvalue weighted by Gasteiger charge is 2.21. The number of carbonyl (C=O) groups excluding carboxylic acids is 1. The molecule has 0 saturated heterocycles. The van der Waals surface area contributed by atoms with Crippen LogP contribution in [-0.2, 0) is 31.1 Å². The van der Waals surface area contributed by atoms with Crippen LogP contribution >= 0.6 is 34.7 Å². The molecule has 0 saturated carbocycles. The van der Waals surface area contributed by atoms with Crippen LogP contribution in [0.5, 0.6) is 0 Å². The maximum Gasteiger partial charge on any atom is 0.262 e. The third-order valence-corrected chi connectivity index (χ3v) is 7.60. The molecule has 29 heavy (non-hydrogen) atoms. The lowest BCUT2D eigenvalue weighted by Gasteiger charge is -2.11. The fourth-order valence-electron chi connectivity index (χ4n) is 3.57. The molecular formula is C21H22ClN3O2S2. The summed E-state index contributed by atoms with van der Waals surface area (Å²) in [6.45, 7) is 0.560. The van der Waals surface area contributed by atoms with Crippen molar-refractivity contribution in [1.29, 1.82) is 0 Å². The predicted octanol–water partition coefficient (Wildman–Crippen LogP) is 3.98. The third kappa shape index (κ3) is 4.52. The van der Waals surface area contributed by atoms with Gasteiger partial charge in [-0.1, -0.05) is 35.5 Å². The second-order valence-electron chi connectivity index (χ2n) is 7.16. The number of thiophene rings is 1. The molecular weight excluding hydrogens is 426 g/mol. The smallest absolute Gasteiger partial charge is 0.262 e. The monoisotopic (exact) mass is 447 g/mol. The maximum atomic E-state index is 12.9. The summed E-state index contributed by atoms with van der Waals surface area (Å²) in [6, 6.07) is 7.61. The summed E-state index contributed by atoms with van der Waals surface area (Å²) in [5, 5.41) is 5.00. The molecule has 0 unspecified atom stereocenters. The van der Waals surface area contributed by atoms with Gasteiger partial charge in [0, 0.05) is 23.5 Å². The van der Waals surface area contributed by atoms with Gasteiger partial charge in [0.15, 0.2) is 5.16 Å². The minimum atomic E-state index is -0.0659. The number of halogens is 1. The highest BCUT2D eigenvalue weighted by molar-refractivity contribution is 7.99. The highest BCUT2D eigenvalue weighted by atomic mass is 35.5. The number of fused-ring (bicyclic) bond motifs is 3. The van der Waals surface area contributed by atoms with Crippen molar-refractivity contribution in [2.24, 2.45) is 7.05 Å². The van der Waals surface area contributed by atoms with Crippen molar-refractivity contribution >= 4 is 50.8 Å². The zero-order valence-electron chi connectivity index (χ0n) is 16.2. The molecule has 1 amide bonds. The number of hydrogen-bond donors (Lipinski definition) is 1. The number of aromatic nitrogens is 2. The van der Waals surface area contributed by atoms with E-state index in [9.17, 15) is 9.59 Å². The normalized spacial score (nSPS) is 13.4. The molecule has 0 fully saturated rings. The van der Waals surface area contributed by atoms with Crippen LogP contribution in [0.25, 0.3) is 10.2 Å². The first-order valence-corrected chi connectivity index (χ1v) is 11.9. The zero-order chi connectivity index (χ0) is 20.4. The summed E-state index contributed by atoms with van der Waals surface area (Å²) in [6.07, 6.45) is 5.07. The number of nitrogens with zero attached hydrogens (tertiary/aromatic N) is 2. The fourth-order valence-corrected chi connectivity index (χ4v) is 5.81. The Morgan fingerprint density at radius 1 is 1.28 bits per heavy atom. The SMILES string of the molecule is Cn1c(SCC(=O)NCCc2ccc(Cl)cc2)nc2sc3c(c2c1=O)CCCC3. The van der Waals surface area contributed by atoms with Gasteiger partial charge in [0.2, 0.25) is 5.91 Å². The van der Waals surface area contributed by atoms with Crippen LogP contribution in [-0.4, -0.2) is 27.8 Å². The van der Waals surface area contributed by atoms with E-state index in [1.807, 2.05) is 24.3 Å². The summed E-state index contributed by atoms with van der Waals surface area (Å²) >= 11 is 8.83. The Kier molecular flexibility index (Phi) is 6.27. The van der Waals surface area contributed by atoms with E-state index < -0.39 is 0 Å². The van der Waals surface area contributed by atoms with Crippen molar-refractivity contribution in [3.8, 4) is 0 Å². The van der Waals surface area contributed by atoms with E-state index in [1.54, 1.807) is 23.0 Å². The van der Waals surface area contributed by atoms with E-state index >= 15 is 0 Å². The molecule has 3 aromatic rings. The Balaban J connectivity index is 1.39. The van der Waals surface area contributed by atoms with Crippen LogP contribution in [0.2, 0.25) is 5.02 Å². The summed E-state index contributed by atoms with van der Waals surface area (Å²) in [5.41, 5.74) is 2.32. The first-order chi connectivity index (χ1) is 14.0. The van der Waals surface area contributed by atoms with Gasteiger partial charge < -0.3 is 5.32 Å². The summed E-state index contributed by atoms with van der Waals surface area (Å²) < 4.78 is 1.58. The minimum absolute atomic E-state index is 0.0000431. The summed E-state index contributed by atoms with van der Waals surface area (Å²) in [4.78, 5) is 31.9.